The van der Waals surface area contributed by atoms with Gasteiger partial charge in [0, 0.05) is 13.1 Å². The van der Waals surface area contributed by atoms with E-state index in [2.05, 4.69) is 10.7 Å². The summed E-state index contributed by atoms with van der Waals surface area (Å²) in [5.74, 6) is 2.16. The van der Waals surface area contributed by atoms with Crippen LogP contribution in [0, 0.1) is 0 Å². The van der Waals surface area contributed by atoms with Gasteiger partial charge in [-0.3, -0.25) is 38.2 Å². The molecule has 1 aliphatic rings. The van der Waals surface area contributed by atoms with Crippen LogP contribution in [-0.2, 0) is 41.9 Å². The van der Waals surface area contributed by atoms with Crippen LogP contribution in [0.25, 0.3) is 0 Å². The number of carboxylic acid groups (broad SMARTS) is 2. The molecule has 3 rings (SSSR count). The molecule has 2 aromatic rings. The van der Waals surface area contributed by atoms with Crippen LogP contribution in [0.4, 0.5) is 4.39 Å². The third-order valence-electron chi connectivity index (χ3n) is 4.47. The number of Topliss-reactive ketones (excluding diaryl/α,β-unsaturated/α-hetero) is 2. The van der Waals surface area contributed by atoms with Gasteiger partial charge in [0.2, 0.25) is 0 Å². The van der Waals surface area contributed by atoms with Crippen molar-refractivity contribution in [2.24, 2.45) is 5.90 Å². The lowest BCUT2D eigenvalue weighted by Crippen LogP contribution is -2.40. The number of likely N-dealkylation sites (tertiary alicyclic amines) is 1. The van der Waals surface area contributed by atoms with Crippen LogP contribution in [0.1, 0.15) is 18.9 Å². The highest BCUT2D eigenvalue weighted by molar-refractivity contribution is 6.03. The SMILES string of the molecule is NOC=O.O=C(O)CN(CC(=O)O)Cc1ccccc1.O=C1CC(=O)CN(Cc2ccccc2)C1.[2H]CF. The lowest BCUT2D eigenvalue weighted by Gasteiger charge is -2.24. The van der Waals surface area contributed by atoms with Gasteiger partial charge in [0.05, 0.1) is 41.1 Å². The molecule has 1 aliphatic heterocycles. The first-order valence-electron chi connectivity index (χ1n) is 11.5. The summed E-state index contributed by atoms with van der Waals surface area (Å²) in [7, 11) is -1.00. The lowest BCUT2D eigenvalue weighted by atomic mass is 10.1. The minimum absolute atomic E-state index is 0.0298. The fourth-order valence-corrected chi connectivity index (χ4v) is 3.23. The van der Waals surface area contributed by atoms with Crippen molar-refractivity contribution in [3.05, 3.63) is 71.8 Å². The second-order valence-corrected chi connectivity index (χ2v) is 7.54. The minimum Gasteiger partial charge on any atom is -0.480 e. The summed E-state index contributed by atoms with van der Waals surface area (Å²) < 4.78 is 15.5. The molecule has 0 unspecified atom stereocenters. The fraction of sp³-hybridized carbons (Fsp3) is 0.320. The average Bonchev–Trinajstić information content (AvgIpc) is 2.85. The maximum Gasteiger partial charge on any atom is 0.317 e. The van der Waals surface area contributed by atoms with Gasteiger partial charge < -0.3 is 15.1 Å². The van der Waals surface area contributed by atoms with E-state index in [1.165, 1.54) is 4.90 Å². The molecule has 37 heavy (non-hydrogen) atoms. The number of benzene rings is 2. The van der Waals surface area contributed by atoms with Gasteiger partial charge in [-0.1, -0.05) is 60.7 Å². The zero-order valence-electron chi connectivity index (χ0n) is 21.2. The van der Waals surface area contributed by atoms with E-state index in [1.807, 2.05) is 65.6 Å². The Bertz CT molecular complexity index is 951. The van der Waals surface area contributed by atoms with Gasteiger partial charge in [-0.15, -0.1) is 0 Å². The van der Waals surface area contributed by atoms with Crippen molar-refractivity contribution in [2.45, 2.75) is 19.5 Å². The number of carbonyl (C=O) groups is 5. The summed E-state index contributed by atoms with van der Waals surface area (Å²) in [6.45, 7) is 1.40. The first-order valence-corrected chi connectivity index (χ1v) is 10.8. The number of nitrogens with zero attached hydrogens (tertiary/aromatic N) is 2. The van der Waals surface area contributed by atoms with Crippen LogP contribution in [0.3, 0.4) is 0 Å². The minimum atomic E-state index is -1.03. The van der Waals surface area contributed by atoms with E-state index in [1.54, 1.807) is 0 Å². The molecule has 0 aliphatic carbocycles. The monoisotopic (exact) mass is 522 g/mol. The Morgan fingerprint density at radius 1 is 1.00 bits per heavy atom. The van der Waals surface area contributed by atoms with E-state index in [9.17, 15) is 23.6 Å². The highest BCUT2D eigenvalue weighted by atomic mass is 19.1. The van der Waals surface area contributed by atoms with Crippen molar-refractivity contribution in [3.8, 4) is 0 Å². The van der Waals surface area contributed by atoms with Crippen molar-refractivity contribution in [3.63, 3.8) is 0 Å². The van der Waals surface area contributed by atoms with Gasteiger partial charge in [-0.25, -0.2) is 0 Å². The lowest BCUT2D eigenvalue weighted by molar-refractivity contribution is -0.142. The molecular formula is C25H32FN3O8. The van der Waals surface area contributed by atoms with Gasteiger partial charge in [0.1, 0.15) is 0 Å². The van der Waals surface area contributed by atoms with E-state index in [4.69, 9.17) is 16.4 Å². The van der Waals surface area contributed by atoms with Crippen LogP contribution >= 0.6 is 0 Å². The molecule has 1 fully saturated rings. The van der Waals surface area contributed by atoms with E-state index >= 15 is 0 Å². The standard InChI is InChI=1S/C12H13NO2.C11H13NO4.CH3F.CH3NO2/c14-11-6-12(15)9-13(8-11)7-10-4-2-1-3-5-10;13-10(14)7-12(8-11(15)16)6-9-4-2-1-3-5-9;1-2;2-4-1-3/h1-5H,6-9H2;1-5H,6-8H2,(H,13,14)(H,15,16);1H3;1H,2H2/i;;1D;. The molecule has 2 aromatic carbocycles. The van der Waals surface area contributed by atoms with Crippen LogP contribution in [-0.4, -0.2) is 83.3 Å². The number of rotatable bonds is 9. The highest BCUT2D eigenvalue weighted by Crippen LogP contribution is 2.09. The van der Waals surface area contributed by atoms with Gasteiger partial charge in [0.15, 0.2) is 11.6 Å². The average molecular weight is 523 g/mol. The Hall–Kier alpha value is -4.00. The number of hydrogen-bond donors (Lipinski definition) is 3. The molecule has 0 aromatic heterocycles. The molecule has 0 bridgehead atoms. The third kappa shape index (κ3) is 17.1. The second-order valence-electron chi connectivity index (χ2n) is 7.54. The molecule has 1 saturated heterocycles. The number of ketones is 2. The molecule has 0 spiro atoms. The number of aliphatic carboxylic acids is 2. The summed E-state index contributed by atoms with van der Waals surface area (Å²) in [6.07, 6.45) is 0.116. The summed E-state index contributed by atoms with van der Waals surface area (Å²) in [6, 6.07) is 19.1. The van der Waals surface area contributed by atoms with Gasteiger partial charge in [-0.2, -0.15) is 5.90 Å². The van der Waals surface area contributed by atoms with Crippen molar-refractivity contribution in [1.82, 2.24) is 9.80 Å². The number of alkyl halides is 1. The molecule has 11 nitrogen and oxygen atoms in total. The molecule has 0 saturated carbocycles. The summed E-state index contributed by atoms with van der Waals surface area (Å²) >= 11 is 0. The fourth-order valence-electron chi connectivity index (χ4n) is 3.23. The molecule has 0 atom stereocenters. The molecular weight excluding hydrogens is 489 g/mol. The van der Waals surface area contributed by atoms with Crippen molar-refractivity contribution < 1.29 is 44.8 Å². The normalized spacial score (nSPS) is 12.9. The Morgan fingerprint density at radius 2 is 1.41 bits per heavy atom. The molecule has 0 amide bonds. The number of halogens is 1. The molecule has 1 heterocycles. The smallest absolute Gasteiger partial charge is 0.317 e. The Balaban J connectivity index is 0.000000580. The largest absolute Gasteiger partial charge is 0.480 e. The Labute approximate surface area is 215 Å². The number of carbonyl (C=O) groups excluding carboxylic acids is 3. The maximum absolute atomic E-state index is 11.2. The summed E-state index contributed by atoms with van der Waals surface area (Å²) in [5.41, 5.74) is 2.03. The summed E-state index contributed by atoms with van der Waals surface area (Å²) in [5, 5.41) is 17.3. The van der Waals surface area contributed by atoms with Crippen molar-refractivity contribution in [2.75, 3.05) is 33.3 Å². The molecule has 202 valence electrons. The number of nitrogens with two attached hydrogens (primary N) is 1. The first kappa shape index (κ1) is 31.0. The third-order valence-corrected chi connectivity index (χ3v) is 4.47. The maximum atomic E-state index is 11.2. The summed E-state index contributed by atoms with van der Waals surface area (Å²) in [4.78, 5) is 59.0. The topological polar surface area (TPSA) is 168 Å². The van der Waals surface area contributed by atoms with E-state index in [-0.39, 0.29) is 37.5 Å². The second kappa shape index (κ2) is 20.2. The first-order chi connectivity index (χ1) is 18.1. The van der Waals surface area contributed by atoms with Crippen LogP contribution in [0.2, 0.25) is 0 Å². The molecule has 4 N–H and O–H groups in total. The highest BCUT2D eigenvalue weighted by Gasteiger charge is 2.22. The van der Waals surface area contributed by atoms with Crippen molar-refractivity contribution in [1.29, 1.82) is 0 Å². The van der Waals surface area contributed by atoms with Gasteiger partial charge >= 0.3 is 18.4 Å². The van der Waals surface area contributed by atoms with E-state index in [0.29, 0.717) is 26.2 Å². The zero-order chi connectivity index (χ0) is 28.8. The van der Waals surface area contributed by atoms with Crippen molar-refractivity contribution >= 4 is 30.0 Å². The van der Waals surface area contributed by atoms with E-state index in [0.717, 1.165) is 11.1 Å². The number of carboxylic acids is 2. The van der Waals surface area contributed by atoms with Gasteiger partial charge in [0.25, 0.3) is 0 Å². The number of hydrogen-bond acceptors (Lipinski definition) is 9. The van der Waals surface area contributed by atoms with E-state index < -0.39 is 19.1 Å². The predicted octanol–water partition coefficient (Wildman–Crippen LogP) is 1.31. The van der Waals surface area contributed by atoms with Crippen LogP contribution < -0.4 is 5.90 Å². The molecule has 0 radical (unpaired) electrons. The quantitative estimate of drug-likeness (QED) is 0.247. The zero-order valence-corrected chi connectivity index (χ0v) is 20.2. The van der Waals surface area contributed by atoms with Crippen LogP contribution in [0.5, 0.6) is 0 Å². The molecule has 12 heteroatoms. The Kier molecular flexibility index (Phi) is 17.0. The number of piperidine rings is 1. The van der Waals surface area contributed by atoms with Crippen LogP contribution in [0.15, 0.2) is 60.7 Å². The Morgan fingerprint density at radius 3 is 1.78 bits per heavy atom. The van der Waals surface area contributed by atoms with Gasteiger partial charge in [-0.05, 0) is 11.1 Å². The predicted molar refractivity (Wildman–Crippen MR) is 132 cm³/mol.